The Labute approximate surface area is 80.0 Å². The number of rotatable bonds is 6. The summed E-state index contributed by atoms with van der Waals surface area (Å²) in [6, 6.07) is -0.521. The van der Waals surface area contributed by atoms with Crippen molar-refractivity contribution in [2.24, 2.45) is 5.73 Å². The fourth-order valence-electron chi connectivity index (χ4n) is 1.08. The minimum absolute atomic E-state index is 0.344. The number of esters is 1. The molecule has 0 heterocycles. The highest BCUT2D eigenvalue weighted by Gasteiger charge is 2.15. The SMILES string of the molecule is CCCCN(C)CC(N)C(=O)OC. The van der Waals surface area contributed by atoms with E-state index in [1.54, 1.807) is 0 Å². The first-order chi connectivity index (χ1) is 6.11. The smallest absolute Gasteiger partial charge is 0.323 e. The lowest BCUT2D eigenvalue weighted by molar-refractivity contribution is -0.142. The van der Waals surface area contributed by atoms with Gasteiger partial charge < -0.3 is 15.4 Å². The second-order valence-electron chi connectivity index (χ2n) is 3.25. The number of hydrogen-bond acceptors (Lipinski definition) is 4. The normalized spacial score (nSPS) is 13.0. The van der Waals surface area contributed by atoms with Crippen molar-refractivity contribution in [2.75, 3.05) is 27.2 Å². The van der Waals surface area contributed by atoms with Crippen LogP contribution in [0, 0.1) is 0 Å². The van der Waals surface area contributed by atoms with E-state index in [9.17, 15) is 4.79 Å². The van der Waals surface area contributed by atoms with Crippen molar-refractivity contribution in [3.05, 3.63) is 0 Å². The first kappa shape index (κ1) is 12.4. The summed E-state index contributed by atoms with van der Waals surface area (Å²) < 4.78 is 4.53. The number of carbonyl (C=O) groups excluding carboxylic acids is 1. The van der Waals surface area contributed by atoms with Crippen molar-refractivity contribution >= 4 is 5.97 Å². The van der Waals surface area contributed by atoms with Crippen LogP contribution in [0.1, 0.15) is 19.8 Å². The van der Waals surface area contributed by atoms with Gasteiger partial charge >= 0.3 is 5.97 Å². The lowest BCUT2D eigenvalue weighted by Crippen LogP contribution is -2.42. The van der Waals surface area contributed by atoms with Crippen molar-refractivity contribution in [1.29, 1.82) is 0 Å². The molecule has 78 valence electrons. The molecule has 1 unspecified atom stereocenters. The zero-order valence-corrected chi connectivity index (χ0v) is 8.75. The number of unbranched alkanes of at least 4 members (excludes halogenated alkanes) is 1. The average molecular weight is 188 g/mol. The summed E-state index contributed by atoms with van der Waals surface area (Å²) in [6.45, 7) is 3.67. The maximum absolute atomic E-state index is 10.9. The van der Waals surface area contributed by atoms with Crippen LogP contribution >= 0.6 is 0 Å². The fraction of sp³-hybridized carbons (Fsp3) is 0.889. The van der Waals surface area contributed by atoms with E-state index in [0.29, 0.717) is 6.54 Å². The van der Waals surface area contributed by atoms with Crippen molar-refractivity contribution in [3.8, 4) is 0 Å². The third kappa shape index (κ3) is 5.60. The highest BCUT2D eigenvalue weighted by atomic mass is 16.5. The van der Waals surface area contributed by atoms with Gasteiger partial charge in [0.15, 0.2) is 0 Å². The summed E-state index contributed by atoms with van der Waals surface area (Å²) in [7, 11) is 3.31. The molecule has 0 amide bonds. The number of likely N-dealkylation sites (N-methyl/N-ethyl adjacent to an activating group) is 1. The van der Waals surface area contributed by atoms with E-state index in [0.717, 1.165) is 19.4 Å². The number of ether oxygens (including phenoxy) is 1. The largest absolute Gasteiger partial charge is 0.468 e. The molecule has 0 rings (SSSR count). The van der Waals surface area contributed by atoms with Crippen molar-refractivity contribution in [2.45, 2.75) is 25.8 Å². The van der Waals surface area contributed by atoms with Crippen LogP contribution in [-0.2, 0) is 9.53 Å². The molecule has 0 spiro atoms. The molecular weight excluding hydrogens is 168 g/mol. The zero-order chi connectivity index (χ0) is 10.3. The lowest BCUT2D eigenvalue weighted by atomic mass is 10.2. The van der Waals surface area contributed by atoms with E-state index in [2.05, 4.69) is 11.7 Å². The number of methoxy groups -OCH3 is 1. The maximum atomic E-state index is 10.9. The Balaban J connectivity index is 3.64. The minimum atomic E-state index is -0.521. The van der Waals surface area contributed by atoms with E-state index < -0.39 is 6.04 Å². The summed E-state index contributed by atoms with van der Waals surface area (Å²) >= 11 is 0. The third-order valence-corrected chi connectivity index (χ3v) is 1.91. The summed E-state index contributed by atoms with van der Waals surface area (Å²) in [5.41, 5.74) is 5.58. The Morgan fingerprint density at radius 1 is 1.62 bits per heavy atom. The monoisotopic (exact) mass is 188 g/mol. The van der Waals surface area contributed by atoms with Gasteiger partial charge in [-0.2, -0.15) is 0 Å². The van der Waals surface area contributed by atoms with Crippen molar-refractivity contribution < 1.29 is 9.53 Å². The fourth-order valence-corrected chi connectivity index (χ4v) is 1.08. The van der Waals surface area contributed by atoms with Crippen LogP contribution < -0.4 is 5.73 Å². The zero-order valence-electron chi connectivity index (χ0n) is 8.75. The molecule has 0 aliphatic carbocycles. The summed E-state index contributed by atoms with van der Waals surface area (Å²) in [6.07, 6.45) is 2.28. The molecule has 0 saturated carbocycles. The van der Waals surface area contributed by atoms with Crippen molar-refractivity contribution in [3.63, 3.8) is 0 Å². The van der Waals surface area contributed by atoms with Gasteiger partial charge in [0.25, 0.3) is 0 Å². The molecule has 0 aromatic carbocycles. The van der Waals surface area contributed by atoms with Gasteiger partial charge in [0.05, 0.1) is 7.11 Å². The van der Waals surface area contributed by atoms with Gasteiger partial charge in [-0.25, -0.2) is 0 Å². The van der Waals surface area contributed by atoms with Gasteiger partial charge in [0.1, 0.15) is 6.04 Å². The Bertz CT molecular complexity index is 151. The predicted octanol–water partition coefficient (Wildman–Crippen LogP) is 0.219. The van der Waals surface area contributed by atoms with Gasteiger partial charge in [-0.3, -0.25) is 4.79 Å². The lowest BCUT2D eigenvalue weighted by Gasteiger charge is -2.19. The highest BCUT2D eigenvalue weighted by Crippen LogP contribution is 1.93. The van der Waals surface area contributed by atoms with E-state index in [-0.39, 0.29) is 5.97 Å². The maximum Gasteiger partial charge on any atom is 0.323 e. The molecule has 0 fully saturated rings. The van der Waals surface area contributed by atoms with E-state index in [1.807, 2.05) is 11.9 Å². The van der Waals surface area contributed by atoms with E-state index >= 15 is 0 Å². The van der Waals surface area contributed by atoms with Gasteiger partial charge in [0, 0.05) is 6.54 Å². The quantitative estimate of drug-likeness (QED) is 0.606. The molecule has 2 N–H and O–H groups in total. The van der Waals surface area contributed by atoms with Crippen LogP contribution in [0.25, 0.3) is 0 Å². The van der Waals surface area contributed by atoms with Crippen LogP contribution in [0.4, 0.5) is 0 Å². The first-order valence-electron chi connectivity index (χ1n) is 4.63. The molecular formula is C9H20N2O2. The van der Waals surface area contributed by atoms with Gasteiger partial charge in [-0.05, 0) is 20.0 Å². The van der Waals surface area contributed by atoms with Gasteiger partial charge in [-0.15, -0.1) is 0 Å². The van der Waals surface area contributed by atoms with Crippen LogP contribution in [0.5, 0.6) is 0 Å². The molecule has 0 bridgehead atoms. The number of carbonyl (C=O) groups is 1. The van der Waals surface area contributed by atoms with Crippen LogP contribution in [0.2, 0.25) is 0 Å². The third-order valence-electron chi connectivity index (χ3n) is 1.91. The predicted molar refractivity (Wildman–Crippen MR) is 52.4 cm³/mol. The van der Waals surface area contributed by atoms with Crippen LogP contribution in [-0.4, -0.2) is 44.2 Å². The second kappa shape index (κ2) is 6.86. The molecule has 0 aliphatic rings. The van der Waals surface area contributed by atoms with Gasteiger partial charge in [0.2, 0.25) is 0 Å². The molecule has 0 saturated heterocycles. The topological polar surface area (TPSA) is 55.6 Å². The summed E-state index contributed by atoms with van der Waals surface area (Å²) in [5.74, 6) is -0.344. The average Bonchev–Trinajstić information content (AvgIpc) is 2.13. The standard InChI is InChI=1S/C9H20N2O2/c1-4-5-6-11(2)7-8(10)9(12)13-3/h8H,4-7,10H2,1-3H3. The molecule has 0 radical (unpaired) electrons. The van der Waals surface area contributed by atoms with Crippen LogP contribution in [0.3, 0.4) is 0 Å². The van der Waals surface area contributed by atoms with E-state index in [1.165, 1.54) is 7.11 Å². The molecule has 0 aromatic rings. The number of nitrogens with two attached hydrogens (primary N) is 1. The highest BCUT2D eigenvalue weighted by molar-refractivity contribution is 5.75. The Morgan fingerprint density at radius 3 is 2.69 bits per heavy atom. The molecule has 4 nitrogen and oxygen atoms in total. The second-order valence-corrected chi connectivity index (χ2v) is 3.25. The molecule has 1 atom stereocenters. The first-order valence-corrected chi connectivity index (χ1v) is 4.63. The molecule has 0 aromatic heterocycles. The van der Waals surface area contributed by atoms with Crippen LogP contribution in [0.15, 0.2) is 0 Å². The summed E-state index contributed by atoms with van der Waals surface area (Å²) in [5, 5.41) is 0. The molecule has 13 heavy (non-hydrogen) atoms. The Hall–Kier alpha value is -0.610. The summed E-state index contributed by atoms with van der Waals surface area (Å²) in [4.78, 5) is 13.0. The van der Waals surface area contributed by atoms with Crippen molar-refractivity contribution in [1.82, 2.24) is 4.90 Å². The Morgan fingerprint density at radius 2 is 2.23 bits per heavy atom. The van der Waals surface area contributed by atoms with Gasteiger partial charge in [-0.1, -0.05) is 13.3 Å². The molecule has 0 aliphatic heterocycles. The number of hydrogen-bond donors (Lipinski definition) is 1. The Kier molecular flexibility index (Phi) is 6.54. The molecule has 4 heteroatoms. The number of nitrogens with zero attached hydrogens (tertiary/aromatic N) is 1. The van der Waals surface area contributed by atoms with E-state index in [4.69, 9.17) is 5.73 Å². The minimum Gasteiger partial charge on any atom is -0.468 e.